The molecule has 0 fully saturated rings. The van der Waals surface area contributed by atoms with E-state index in [2.05, 4.69) is 31.4 Å². The summed E-state index contributed by atoms with van der Waals surface area (Å²) >= 11 is 0. The van der Waals surface area contributed by atoms with Crippen LogP contribution in [0.3, 0.4) is 0 Å². The predicted octanol–water partition coefficient (Wildman–Crippen LogP) is 4.86. The Hall–Kier alpha value is -0.920. The van der Waals surface area contributed by atoms with Crippen LogP contribution in [0.5, 0.6) is 0 Å². The first-order valence-electron chi connectivity index (χ1n) is 6.24. The zero-order valence-electron chi connectivity index (χ0n) is 10.5. The highest BCUT2D eigenvalue weighted by Crippen LogP contribution is 2.05. The summed E-state index contributed by atoms with van der Waals surface area (Å²) in [5.41, 5.74) is 4.40. The molecule has 0 unspecified atom stereocenters. The molecule has 0 heteroatoms. The Morgan fingerprint density at radius 3 is 2.40 bits per heavy atom. The van der Waals surface area contributed by atoms with Crippen molar-refractivity contribution < 1.29 is 0 Å². The van der Waals surface area contributed by atoms with Crippen molar-refractivity contribution in [3.05, 3.63) is 17.4 Å². The van der Waals surface area contributed by atoms with Gasteiger partial charge in [-0.25, -0.2) is 0 Å². The Morgan fingerprint density at radius 2 is 1.80 bits per heavy atom. The molecular formula is C15H24. The molecule has 0 atom stereocenters. The summed E-state index contributed by atoms with van der Waals surface area (Å²) in [6.45, 7) is 6.44. The van der Waals surface area contributed by atoms with Gasteiger partial charge in [-0.05, 0) is 32.3 Å². The molecule has 0 aliphatic rings. The topological polar surface area (TPSA) is 0 Å². The van der Waals surface area contributed by atoms with Gasteiger partial charge in [0, 0.05) is 12.0 Å². The van der Waals surface area contributed by atoms with Crippen LogP contribution in [-0.2, 0) is 0 Å². The quantitative estimate of drug-likeness (QED) is 0.329. The summed E-state index contributed by atoms with van der Waals surface area (Å²) in [6, 6.07) is 0. The molecule has 0 aromatic heterocycles. The highest BCUT2D eigenvalue weighted by molar-refractivity contribution is 5.27. The van der Waals surface area contributed by atoms with Crippen molar-refractivity contribution in [3.63, 3.8) is 0 Å². The third-order valence-electron chi connectivity index (χ3n) is 2.24. The monoisotopic (exact) mass is 204 g/mol. The minimum atomic E-state index is 1.04. The fourth-order valence-corrected chi connectivity index (χ4v) is 1.33. The van der Waals surface area contributed by atoms with Gasteiger partial charge in [0.05, 0.1) is 0 Å². The van der Waals surface area contributed by atoms with Crippen molar-refractivity contribution in [2.24, 2.45) is 0 Å². The fraction of sp³-hybridized carbons (Fsp3) is 0.667. The van der Waals surface area contributed by atoms with Gasteiger partial charge in [0.15, 0.2) is 0 Å². The van der Waals surface area contributed by atoms with Gasteiger partial charge in [0.25, 0.3) is 0 Å². The lowest BCUT2D eigenvalue weighted by Crippen LogP contribution is -1.78. The summed E-state index contributed by atoms with van der Waals surface area (Å²) in [7, 11) is 0. The first-order valence-corrected chi connectivity index (χ1v) is 6.24. The number of unbranched alkanes of at least 4 members (excludes halogenated alkanes) is 4. The van der Waals surface area contributed by atoms with E-state index in [-0.39, 0.29) is 0 Å². The molecule has 0 radical (unpaired) electrons. The van der Waals surface area contributed by atoms with Gasteiger partial charge in [0.2, 0.25) is 0 Å². The average Bonchev–Trinajstić information content (AvgIpc) is 2.25. The SMILES string of the molecule is CC=C=C(C#CCCCCC)CCCC. The molecule has 0 nitrogen and oxygen atoms in total. The van der Waals surface area contributed by atoms with E-state index in [1.165, 1.54) is 37.7 Å². The van der Waals surface area contributed by atoms with Crippen LogP contribution in [0, 0.1) is 11.8 Å². The lowest BCUT2D eigenvalue weighted by atomic mass is 10.1. The number of allylic oxidation sites excluding steroid dienone is 1. The van der Waals surface area contributed by atoms with E-state index in [1.54, 1.807) is 0 Å². The van der Waals surface area contributed by atoms with Crippen LogP contribution in [0.25, 0.3) is 0 Å². The molecule has 0 N–H and O–H groups in total. The van der Waals surface area contributed by atoms with Gasteiger partial charge in [-0.15, -0.1) is 5.73 Å². The van der Waals surface area contributed by atoms with Crippen LogP contribution in [-0.4, -0.2) is 0 Å². The Balaban J connectivity index is 3.99. The maximum Gasteiger partial charge on any atom is 0.0434 e. The van der Waals surface area contributed by atoms with Gasteiger partial charge in [-0.1, -0.05) is 45.0 Å². The maximum atomic E-state index is 3.24. The van der Waals surface area contributed by atoms with Crippen LogP contribution in [0.4, 0.5) is 0 Å². The lowest BCUT2D eigenvalue weighted by molar-refractivity contribution is 0.737. The van der Waals surface area contributed by atoms with Crippen LogP contribution in [0.15, 0.2) is 17.4 Å². The van der Waals surface area contributed by atoms with E-state index >= 15 is 0 Å². The third-order valence-corrected chi connectivity index (χ3v) is 2.24. The first kappa shape index (κ1) is 14.1. The van der Waals surface area contributed by atoms with Crippen molar-refractivity contribution >= 4 is 0 Å². The van der Waals surface area contributed by atoms with Crippen molar-refractivity contribution in [2.75, 3.05) is 0 Å². The van der Waals surface area contributed by atoms with Gasteiger partial charge in [-0.2, -0.15) is 0 Å². The standard InChI is InChI=1S/C15H24/c1-4-7-9-10-11-14-15(12-6-3)13-8-5-2/h6H,4-5,7-10,13H2,1-3H3. The lowest BCUT2D eigenvalue weighted by Gasteiger charge is -1.94. The third kappa shape index (κ3) is 9.39. The molecule has 0 aromatic rings. The van der Waals surface area contributed by atoms with Crippen LogP contribution in [0.1, 0.15) is 65.7 Å². The summed E-state index contributed by atoms with van der Waals surface area (Å²) < 4.78 is 0. The average molecular weight is 204 g/mol. The van der Waals surface area contributed by atoms with E-state index in [9.17, 15) is 0 Å². The number of rotatable bonds is 6. The minimum Gasteiger partial charge on any atom is -0.113 e. The van der Waals surface area contributed by atoms with Gasteiger partial charge in [0.1, 0.15) is 0 Å². The molecule has 0 saturated heterocycles. The highest BCUT2D eigenvalue weighted by atomic mass is 13.9. The van der Waals surface area contributed by atoms with Crippen molar-refractivity contribution in [3.8, 4) is 11.8 Å². The molecule has 15 heavy (non-hydrogen) atoms. The van der Waals surface area contributed by atoms with E-state index in [4.69, 9.17) is 0 Å². The molecule has 0 aliphatic carbocycles. The molecule has 0 bridgehead atoms. The molecule has 0 spiro atoms. The smallest absolute Gasteiger partial charge is 0.0434 e. The van der Waals surface area contributed by atoms with E-state index < -0.39 is 0 Å². The number of hydrogen-bond donors (Lipinski definition) is 0. The van der Waals surface area contributed by atoms with Gasteiger partial charge in [-0.3, -0.25) is 0 Å². The summed E-state index contributed by atoms with van der Waals surface area (Å²) in [5.74, 6) is 6.48. The fourth-order valence-electron chi connectivity index (χ4n) is 1.33. The highest BCUT2D eigenvalue weighted by Gasteiger charge is 1.89. The van der Waals surface area contributed by atoms with E-state index in [1.807, 2.05) is 13.0 Å². The second-order valence-corrected chi connectivity index (χ2v) is 3.77. The predicted molar refractivity (Wildman–Crippen MR) is 68.7 cm³/mol. The molecular weight excluding hydrogens is 180 g/mol. The minimum absolute atomic E-state index is 1.04. The summed E-state index contributed by atoms with van der Waals surface area (Å²) in [4.78, 5) is 0. The Kier molecular flexibility index (Phi) is 10.5. The Morgan fingerprint density at radius 1 is 1.07 bits per heavy atom. The molecule has 0 heterocycles. The Labute approximate surface area is 95.5 Å². The van der Waals surface area contributed by atoms with Crippen molar-refractivity contribution in [1.82, 2.24) is 0 Å². The van der Waals surface area contributed by atoms with Gasteiger partial charge < -0.3 is 0 Å². The molecule has 0 amide bonds. The second-order valence-electron chi connectivity index (χ2n) is 3.77. The molecule has 0 rings (SSSR count). The zero-order valence-corrected chi connectivity index (χ0v) is 10.5. The largest absolute Gasteiger partial charge is 0.113 e. The summed E-state index contributed by atoms with van der Waals surface area (Å²) in [6.07, 6.45) is 10.3. The Bertz CT molecular complexity index is 253. The molecule has 0 aliphatic heterocycles. The first-order chi connectivity index (χ1) is 7.35. The van der Waals surface area contributed by atoms with Gasteiger partial charge >= 0.3 is 0 Å². The van der Waals surface area contributed by atoms with Crippen LogP contribution in [0.2, 0.25) is 0 Å². The molecule has 84 valence electrons. The van der Waals surface area contributed by atoms with Crippen LogP contribution < -0.4 is 0 Å². The normalized spacial score (nSPS) is 8.73. The maximum absolute atomic E-state index is 3.24. The van der Waals surface area contributed by atoms with E-state index in [0.29, 0.717) is 0 Å². The second kappa shape index (κ2) is 11.2. The molecule has 0 saturated carbocycles. The van der Waals surface area contributed by atoms with Crippen LogP contribution >= 0.6 is 0 Å². The van der Waals surface area contributed by atoms with Crippen molar-refractivity contribution in [1.29, 1.82) is 0 Å². The molecule has 0 aromatic carbocycles. The van der Waals surface area contributed by atoms with Crippen molar-refractivity contribution in [2.45, 2.75) is 65.7 Å². The summed E-state index contributed by atoms with van der Waals surface area (Å²) in [5, 5.41) is 0. The number of hydrogen-bond acceptors (Lipinski definition) is 0. The van der Waals surface area contributed by atoms with E-state index in [0.717, 1.165) is 12.8 Å². The zero-order chi connectivity index (χ0) is 11.4.